The topological polar surface area (TPSA) is 161 Å². The number of hydrogen-bond acceptors (Lipinski definition) is 9. The van der Waals surface area contributed by atoms with Gasteiger partial charge in [0.1, 0.15) is 11.9 Å². The Morgan fingerprint density at radius 3 is 2.73 bits per heavy atom. The Balaban J connectivity index is 0.000000165. The number of rotatable bonds is 6. The Labute approximate surface area is 236 Å². The van der Waals surface area contributed by atoms with Crippen LogP contribution in [0.4, 0.5) is 32.3 Å². The minimum Gasteiger partial charge on any atom is -0.446 e. The number of ether oxygens (including phenoxy) is 1. The number of imidazole rings is 1. The number of nitrogens with zero attached hydrogens (tertiary/aromatic N) is 5. The third-order valence-corrected chi connectivity index (χ3v) is 7.11. The number of nitrogens with one attached hydrogen (secondary N) is 2. The van der Waals surface area contributed by atoms with E-state index in [1.165, 1.54) is 23.1 Å². The van der Waals surface area contributed by atoms with E-state index in [0.717, 1.165) is 36.2 Å². The van der Waals surface area contributed by atoms with Gasteiger partial charge in [0.05, 0.1) is 29.8 Å². The number of anilines is 4. The van der Waals surface area contributed by atoms with Crippen LogP contribution >= 0.6 is 0 Å². The van der Waals surface area contributed by atoms with Crippen LogP contribution in [0.2, 0.25) is 0 Å². The summed E-state index contributed by atoms with van der Waals surface area (Å²) >= 11 is 0. The van der Waals surface area contributed by atoms with Crippen molar-refractivity contribution in [2.75, 3.05) is 27.9 Å². The van der Waals surface area contributed by atoms with E-state index in [0.29, 0.717) is 23.8 Å². The summed E-state index contributed by atoms with van der Waals surface area (Å²) in [6.07, 6.45) is 8.55. The van der Waals surface area contributed by atoms with Crippen LogP contribution in [0.25, 0.3) is 11.2 Å². The zero-order chi connectivity index (χ0) is 29.3. The molecule has 1 aromatic carbocycles. The van der Waals surface area contributed by atoms with Gasteiger partial charge in [0, 0.05) is 18.6 Å². The molecule has 12 nitrogen and oxygen atoms in total. The molecule has 218 valence electrons. The Morgan fingerprint density at radius 2 is 2.07 bits per heavy atom. The van der Waals surface area contributed by atoms with Crippen molar-refractivity contribution in [3.8, 4) is 0 Å². The quantitative estimate of drug-likeness (QED) is 0.323. The number of hydrogen-bond donors (Lipinski definition) is 4. The average Bonchev–Trinajstić information content (AvgIpc) is 3.44. The lowest BCUT2D eigenvalue weighted by Gasteiger charge is -2.35. The van der Waals surface area contributed by atoms with Crippen molar-refractivity contribution >= 4 is 46.3 Å². The second-order valence-electron chi connectivity index (χ2n) is 10.7. The standard InChI is InChI=1S/C14H17FN2O3.C14H18N6O/c1-4-11-13(18)16-10-6-5-9(15)7-12(10)17(11)14(19)20-8(2)3;15-14-18-12(17-9-2-3-9)11-13(19-14)20(7-16-11)10-4-1-8(5-10)6-21/h5-8,11H,4H2,1-3H3,(H,16,18);1,4,7-10,21H,2-3,5-6H2,(H3,15,17,18,19)/t11-;8-,10+/m01/s1. The third-order valence-electron chi connectivity index (χ3n) is 7.11. The molecule has 6 rings (SSSR count). The molecule has 5 N–H and O–H groups in total. The van der Waals surface area contributed by atoms with Gasteiger partial charge in [0.15, 0.2) is 17.0 Å². The molecule has 0 spiro atoms. The number of aliphatic hydroxyl groups is 1. The van der Waals surface area contributed by atoms with Gasteiger partial charge in [-0.15, -0.1) is 0 Å². The number of carbonyl (C=O) groups is 2. The first-order valence-corrected chi connectivity index (χ1v) is 13.8. The Morgan fingerprint density at radius 1 is 1.29 bits per heavy atom. The van der Waals surface area contributed by atoms with Gasteiger partial charge < -0.3 is 30.8 Å². The molecule has 0 bridgehead atoms. The molecule has 2 aromatic heterocycles. The van der Waals surface area contributed by atoms with Crippen LogP contribution in [0, 0.1) is 11.7 Å². The normalized spacial score (nSPS) is 21.4. The number of nitrogen functional groups attached to an aromatic ring is 1. The van der Waals surface area contributed by atoms with Gasteiger partial charge in [-0.3, -0.25) is 9.69 Å². The van der Waals surface area contributed by atoms with Crippen LogP contribution in [0.1, 0.15) is 52.5 Å². The van der Waals surface area contributed by atoms with E-state index >= 15 is 0 Å². The summed E-state index contributed by atoms with van der Waals surface area (Å²) < 4.78 is 20.6. The van der Waals surface area contributed by atoms with Crippen molar-refractivity contribution in [2.24, 2.45) is 5.92 Å². The van der Waals surface area contributed by atoms with Crippen LogP contribution in [0.5, 0.6) is 0 Å². The predicted molar refractivity (Wildman–Crippen MR) is 153 cm³/mol. The van der Waals surface area contributed by atoms with Crippen molar-refractivity contribution in [3.05, 3.63) is 42.5 Å². The molecule has 2 amide bonds. The molecule has 1 aliphatic heterocycles. The van der Waals surface area contributed by atoms with Crippen LogP contribution < -0.4 is 21.3 Å². The Kier molecular flexibility index (Phi) is 8.06. The monoisotopic (exact) mass is 566 g/mol. The number of amides is 2. The zero-order valence-corrected chi connectivity index (χ0v) is 23.2. The summed E-state index contributed by atoms with van der Waals surface area (Å²) in [4.78, 5) is 38.5. The van der Waals surface area contributed by atoms with Gasteiger partial charge in [-0.2, -0.15) is 9.97 Å². The van der Waals surface area contributed by atoms with Crippen LogP contribution in [-0.2, 0) is 9.53 Å². The van der Waals surface area contributed by atoms with Gasteiger partial charge in [0.25, 0.3) is 0 Å². The fourth-order valence-electron chi connectivity index (χ4n) is 4.96. The van der Waals surface area contributed by atoms with Crippen molar-refractivity contribution in [1.29, 1.82) is 0 Å². The number of fused-ring (bicyclic) bond motifs is 2. The maximum absolute atomic E-state index is 13.4. The molecule has 0 saturated heterocycles. The molecule has 3 aliphatic rings. The molecule has 3 heterocycles. The Bertz CT molecular complexity index is 1470. The van der Waals surface area contributed by atoms with Crippen LogP contribution in [-0.4, -0.2) is 61.4 Å². The van der Waals surface area contributed by atoms with E-state index in [1.54, 1.807) is 27.1 Å². The number of aromatic nitrogens is 4. The summed E-state index contributed by atoms with van der Waals surface area (Å²) in [6, 6.07) is 3.84. The van der Waals surface area contributed by atoms with Crippen molar-refractivity contribution in [2.45, 2.75) is 70.7 Å². The van der Waals surface area contributed by atoms with Crippen molar-refractivity contribution in [1.82, 2.24) is 19.5 Å². The summed E-state index contributed by atoms with van der Waals surface area (Å²) in [5.74, 6) is 0.410. The molecule has 0 radical (unpaired) electrons. The second kappa shape index (κ2) is 11.7. The summed E-state index contributed by atoms with van der Waals surface area (Å²) in [7, 11) is 0. The molecule has 3 atom stereocenters. The molecule has 3 aromatic rings. The van der Waals surface area contributed by atoms with E-state index in [2.05, 4.69) is 31.7 Å². The lowest BCUT2D eigenvalue weighted by Crippen LogP contribution is -2.51. The largest absolute Gasteiger partial charge is 0.446 e. The van der Waals surface area contributed by atoms with E-state index in [9.17, 15) is 19.1 Å². The maximum Gasteiger partial charge on any atom is 0.415 e. The number of carbonyl (C=O) groups excluding carboxylic acids is 2. The number of allylic oxidation sites excluding steroid dienone is 1. The van der Waals surface area contributed by atoms with Crippen LogP contribution in [0.3, 0.4) is 0 Å². The zero-order valence-electron chi connectivity index (χ0n) is 23.2. The maximum atomic E-state index is 13.4. The first-order chi connectivity index (χ1) is 19.7. The fourth-order valence-corrected chi connectivity index (χ4v) is 4.96. The van der Waals surface area contributed by atoms with E-state index in [1.807, 2.05) is 10.6 Å². The van der Waals surface area contributed by atoms with Gasteiger partial charge in [-0.1, -0.05) is 19.1 Å². The van der Waals surface area contributed by atoms with Crippen molar-refractivity contribution in [3.63, 3.8) is 0 Å². The molecule has 41 heavy (non-hydrogen) atoms. The number of nitrogens with two attached hydrogens (primary N) is 1. The first kappa shape index (κ1) is 28.3. The number of benzene rings is 1. The van der Waals surface area contributed by atoms with Gasteiger partial charge >= 0.3 is 6.09 Å². The predicted octanol–water partition coefficient (Wildman–Crippen LogP) is 4.00. The molecule has 2 aliphatic carbocycles. The first-order valence-electron chi connectivity index (χ1n) is 13.8. The summed E-state index contributed by atoms with van der Waals surface area (Å²) in [5.41, 5.74) is 8.08. The van der Waals surface area contributed by atoms with E-state index in [4.69, 9.17) is 10.5 Å². The van der Waals surface area contributed by atoms with Gasteiger partial charge in [-0.05, 0) is 57.7 Å². The highest BCUT2D eigenvalue weighted by atomic mass is 19.1. The molecule has 1 fully saturated rings. The van der Waals surface area contributed by atoms with Gasteiger partial charge in [0.2, 0.25) is 11.9 Å². The highest BCUT2D eigenvalue weighted by molar-refractivity contribution is 6.10. The average molecular weight is 567 g/mol. The minimum absolute atomic E-state index is 0.162. The second-order valence-corrected chi connectivity index (χ2v) is 10.7. The lowest BCUT2D eigenvalue weighted by molar-refractivity contribution is -0.117. The molecular weight excluding hydrogens is 531 g/mol. The smallest absolute Gasteiger partial charge is 0.415 e. The molecule has 13 heteroatoms. The van der Waals surface area contributed by atoms with Crippen LogP contribution in [0.15, 0.2) is 36.7 Å². The lowest BCUT2D eigenvalue weighted by atomic mass is 10.1. The van der Waals surface area contributed by atoms with E-state index in [-0.39, 0.29) is 36.5 Å². The molecule has 1 saturated carbocycles. The Hall–Kier alpha value is -4.26. The number of halogens is 1. The van der Waals surface area contributed by atoms with Crippen molar-refractivity contribution < 1.29 is 23.8 Å². The summed E-state index contributed by atoms with van der Waals surface area (Å²) in [6.45, 7) is 5.39. The highest BCUT2D eigenvalue weighted by Crippen LogP contribution is 2.35. The third kappa shape index (κ3) is 6.09. The molecule has 0 unspecified atom stereocenters. The van der Waals surface area contributed by atoms with Gasteiger partial charge in [-0.25, -0.2) is 14.2 Å². The highest BCUT2D eigenvalue weighted by Gasteiger charge is 2.37. The fraction of sp³-hybridized carbons (Fsp3) is 0.464. The number of aliphatic hydroxyl groups excluding tert-OH is 1. The minimum atomic E-state index is -0.699. The SMILES string of the molecule is CC[C@H]1C(=O)Nc2ccc(F)cc2N1C(=O)OC(C)C.Nc1nc(NC2CC2)c2ncn([C@H]3C=C[C@@H](CO)C3)c2n1. The van der Waals surface area contributed by atoms with E-state index < -0.39 is 18.0 Å². The summed E-state index contributed by atoms with van der Waals surface area (Å²) in [5, 5.41) is 15.3. The molecular formula is C28H35FN8O4.